The fourth-order valence-corrected chi connectivity index (χ4v) is 7.07. The molecule has 1 unspecified atom stereocenters. The van der Waals surface area contributed by atoms with E-state index in [1.165, 1.54) is 37.8 Å². The number of amides is 3. The molecule has 0 aromatic heterocycles. The van der Waals surface area contributed by atoms with Crippen LogP contribution in [0.25, 0.3) is 0 Å². The molecule has 2 saturated heterocycles. The van der Waals surface area contributed by atoms with Crippen LogP contribution in [0.5, 0.6) is 5.75 Å². The minimum atomic E-state index is -0.591. The number of carbonyl (C=O) groups excluding carboxylic acids is 3. The van der Waals surface area contributed by atoms with Crippen LogP contribution in [0.15, 0.2) is 12.1 Å². The Morgan fingerprint density at radius 1 is 1.03 bits per heavy atom. The maximum Gasteiger partial charge on any atom is 0.255 e. The van der Waals surface area contributed by atoms with Crippen LogP contribution in [-0.4, -0.2) is 59.8 Å². The molecular weight excluding hydrogens is 442 g/mol. The van der Waals surface area contributed by atoms with E-state index in [4.69, 9.17) is 4.74 Å². The zero-order chi connectivity index (χ0) is 24.4. The monoisotopic (exact) mass is 479 g/mol. The number of rotatable bonds is 3. The largest absolute Gasteiger partial charge is 0.492 e. The van der Waals surface area contributed by atoms with Gasteiger partial charge in [0.15, 0.2) is 0 Å². The highest BCUT2D eigenvalue weighted by Crippen LogP contribution is 2.50. The first-order valence-corrected chi connectivity index (χ1v) is 13.4. The standard InChI is InChI=1S/C28H37N3O4/c1-27(2)9-7-18(8-10-27)15-30-13-11-28(12-14-30)17-35-24-20-16-31(22-5-6-23(32)29-25(22)33)26(34)19(20)3-4-21(24)28/h3-4,18,22H,5-17H2,1-2H3,(H,29,32,33). The van der Waals surface area contributed by atoms with E-state index in [9.17, 15) is 14.4 Å². The van der Waals surface area contributed by atoms with Gasteiger partial charge in [-0.05, 0) is 75.4 Å². The molecule has 1 atom stereocenters. The molecule has 5 aliphatic rings. The number of benzene rings is 1. The number of piperidine rings is 2. The Bertz CT molecular complexity index is 1060. The molecule has 1 N–H and O–H groups in total. The second kappa shape index (κ2) is 8.32. The van der Waals surface area contributed by atoms with E-state index in [-0.39, 0.29) is 29.6 Å². The lowest BCUT2D eigenvalue weighted by atomic mass is 9.72. The smallest absolute Gasteiger partial charge is 0.255 e. The summed E-state index contributed by atoms with van der Waals surface area (Å²) in [6, 6.07) is 3.45. The Balaban J connectivity index is 1.14. The lowest BCUT2D eigenvalue weighted by molar-refractivity contribution is -0.136. The van der Waals surface area contributed by atoms with Crippen molar-refractivity contribution in [3.63, 3.8) is 0 Å². The highest BCUT2D eigenvalue weighted by Gasteiger charge is 2.47. The number of hydrogen-bond acceptors (Lipinski definition) is 5. The summed E-state index contributed by atoms with van der Waals surface area (Å²) in [5.41, 5.74) is 3.35. The second-order valence-electron chi connectivity index (χ2n) is 12.3. The number of likely N-dealkylation sites (tertiary alicyclic amines) is 1. The highest BCUT2D eigenvalue weighted by molar-refractivity contribution is 6.05. The average Bonchev–Trinajstić information content (AvgIpc) is 3.35. The van der Waals surface area contributed by atoms with E-state index < -0.39 is 6.04 Å². The van der Waals surface area contributed by atoms with Gasteiger partial charge < -0.3 is 14.5 Å². The molecule has 1 spiro atoms. The van der Waals surface area contributed by atoms with Crippen LogP contribution >= 0.6 is 0 Å². The summed E-state index contributed by atoms with van der Waals surface area (Å²) in [7, 11) is 0. The molecule has 1 aliphatic carbocycles. The first-order chi connectivity index (χ1) is 16.7. The van der Waals surface area contributed by atoms with E-state index in [0.29, 0.717) is 30.6 Å². The van der Waals surface area contributed by atoms with E-state index in [1.807, 2.05) is 6.07 Å². The minimum Gasteiger partial charge on any atom is -0.492 e. The summed E-state index contributed by atoms with van der Waals surface area (Å²) >= 11 is 0. The quantitative estimate of drug-likeness (QED) is 0.673. The van der Waals surface area contributed by atoms with Crippen LogP contribution in [0.3, 0.4) is 0 Å². The summed E-state index contributed by atoms with van der Waals surface area (Å²) in [5, 5.41) is 2.38. The molecule has 0 bridgehead atoms. The van der Waals surface area contributed by atoms with E-state index in [1.54, 1.807) is 4.90 Å². The summed E-state index contributed by atoms with van der Waals surface area (Å²) < 4.78 is 6.32. The molecule has 188 valence electrons. The molecule has 35 heavy (non-hydrogen) atoms. The molecule has 1 aromatic rings. The van der Waals surface area contributed by atoms with Crippen molar-refractivity contribution in [2.24, 2.45) is 11.3 Å². The predicted molar refractivity (Wildman–Crippen MR) is 131 cm³/mol. The topological polar surface area (TPSA) is 79.0 Å². The van der Waals surface area contributed by atoms with Crippen LogP contribution in [0, 0.1) is 11.3 Å². The van der Waals surface area contributed by atoms with E-state index in [2.05, 4.69) is 30.1 Å². The van der Waals surface area contributed by atoms with E-state index >= 15 is 0 Å². The van der Waals surface area contributed by atoms with Gasteiger partial charge in [-0.1, -0.05) is 19.9 Å². The van der Waals surface area contributed by atoms with Crippen molar-refractivity contribution in [2.75, 3.05) is 26.2 Å². The average molecular weight is 480 g/mol. The summed E-state index contributed by atoms with van der Waals surface area (Å²) in [6.45, 7) is 9.28. The Labute approximate surface area is 207 Å². The van der Waals surface area contributed by atoms with Crippen LogP contribution < -0.4 is 10.1 Å². The zero-order valence-corrected chi connectivity index (χ0v) is 21.0. The lowest BCUT2D eigenvalue weighted by Gasteiger charge is -2.41. The fourth-order valence-electron chi connectivity index (χ4n) is 7.07. The van der Waals surface area contributed by atoms with Gasteiger partial charge in [-0.3, -0.25) is 19.7 Å². The summed E-state index contributed by atoms with van der Waals surface area (Å²) in [4.78, 5) is 41.4. The highest BCUT2D eigenvalue weighted by atomic mass is 16.5. The summed E-state index contributed by atoms with van der Waals surface area (Å²) in [6.07, 6.45) is 8.21. The molecule has 4 aliphatic heterocycles. The van der Waals surface area contributed by atoms with Crippen molar-refractivity contribution in [2.45, 2.75) is 83.2 Å². The molecule has 4 heterocycles. The number of hydrogen-bond donors (Lipinski definition) is 1. The molecule has 6 rings (SSSR count). The molecule has 1 saturated carbocycles. The van der Waals surface area contributed by atoms with E-state index in [0.717, 1.165) is 43.2 Å². The first kappa shape index (κ1) is 23.0. The molecule has 7 heteroatoms. The minimum absolute atomic E-state index is 0.0283. The Kier molecular flexibility index (Phi) is 5.47. The molecular formula is C28H37N3O4. The molecule has 3 amide bonds. The van der Waals surface area contributed by atoms with Crippen LogP contribution in [0.1, 0.15) is 86.7 Å². The number of nitrogens with zero attached hydrogens (tertiary/aromatic N) is 2. The third kappa shape index (κ3) is 3.96. The SMILES string of the molecule is CC1(C)CCC(CN2CCC3(CC2)COc2c3ccc3c2CN(C2CCC(=O)NC2=O)C3=O)CC1. The van der Waals surface area contributed by atoms with Gasteiger partial charge in [0.1, 0.15) is 11.8 Å². The lowest BCUT2D eigenvalue weighted by Crippen LogP contribution is -2.52. The fraction of sp³-hybridized carbons (Fsp3) is 0.679. The molecule has 7 nitrogen and oxygen atoms in total. The Morgan fingerprint density at radius 3 is 2.49 bits per heavy atom. The number of nitrogens with one attached hydrogen (secondary N) is 1. The molecule has 0 radical (unpaired) electrons. The van der Waals surface area contributed by atoms with Gasteiger partial charge >= 0.3 is 0 Å². The van der Waals surface area contributed by atoms with Gasteiger partial charge in [0.2, 0.25) is 11.8 Å². The number of imide groups is 1. The van der Waals surface area contributed by atoms with Gasteiger partial charge in [0.25, 0.3) is 5.91 Å². The Morgan fingerprint density at radius 2 is 1.77 bits per heavy atom. The van der Waals surface area contributed by atoms with Crippen LogP contribution in [-0.2, 0) is 21.5 Å². The third-order valence-corrected chi connectivity index (χ3v) is 9.52. The number of fused-ring (bicyclic) bond motifs is 4. The number of carbonyl (C=O) groups is 3. The maximum absolute atomic E-state index is 13.2. The Hall–Kier alpha value is -2.41. The van der Waals surface area contributed by atoms with Gasteiger partial charge in [-0.25, -0.2) is 0 Å². The normalized spacial score (nSPS) is 28.1. The van der Waals surface area contributed by atoms with Gasteiger partial charge in [-0.15, -0.1) is 0 Å². The van der Waals surface area contributed by atoms with Crippen LogP contribution in [0.2, 0.25) is 0 Å². The first-order valence-electron chi connectivity index (χ1n) is 13.4. The van der Waals surface area contributed by atoms with Gasteiger partial charge in [-0.2, -0.15) is 0 Å². The zero-order valence-electron chi connectivity index (χ0n) is 21.0. The van der Waals surface area contributed by atoms with Gasteiger partial charge in [0.05, 0.1) is 13.2 Å². The predicted octanol–water partition coefficient (Wildman–Crippen LogP) is 3.39. The van der Waals surface area contributed by atoms with Crippen molar-refractivity contribution in [3.05, 3.63) is 28.8 Å². The van der Waals surface area contributed by atoms with Crippen molar-refractivity contribution in [3.8, 4) is 5.75 Å². The maximum atomic E-state index is 13.2. The van der Waals surface area contributed by atoms with Crippen molar-refractivity contribution in [1.29, 1.82) is 0 Å². The van der Waals surface area contributed by atoms with Gasteiger partial charge in [0, 0.05) is 35.1 Å². The number of ether oxygens (including phenoxy) is 1. The summed E-state index contributed by atoms with van der Waals surface area (Å²) in [5.74, 6) is 0.934. The van der Waals surface area contributed by atoms with Crippen molar-refractivity contribution in [1.82, 2.24) is 15.1 Å². The van der Waals surface area contributed by atoms with Crippen molar-refractivity contribution < 1.29 is 19.1 Å². The molecule has 3 fully saturated rings. The van der Waals surface area contributed by atoms with Crippen LogP contribution in [0.4, 0.5) is 0 Å². The van der Waals surface area contributed by atoms with Crippen molar-refractivity contribution >= 4 is 17.7 Å². The second-order valence-corrected chi connectivity index (χ2v) is 12.3. The third-order valence-electron chi connectivity index (χ3n) is 9.52. The molecule has 1 aromatic carbocycles.